The number of hydrogen-bond acceptors (Lipinski definition) is 2. The van der Waals surface area contributed by atoms with Crippen molar-refractivity contribution in [2.45, 2.75) is 0 Å². The molecule has 2 N–H and O–H groups in total. The standard InChI is InChI=1S/C14H8F3NO3/c15-10-6-5-9(11(16)12(10)17)13(19)18-8-3-1-7(2-4-8)14(20)21/h1-6H,(H,18,19)(H,20,21). The van der Waals surface area contributed by atoms with E-state index in [0.29, 0.717) is 6.07 Å². The lowest BCUT2D eigenvalue weighted by Crippen LogP contribution is -2.15. The van der Waals surface area contributed by atoms with Crippen molar-refractivity contribution >= 4 is 17.6 Å². The summed E-state index contributed by atoms with van der Waals surface area (Å²) in [5.41, 5.74) is -0.461. The summed E-state index contributed by atoms with van der Waals surface area (Å²) in [6, 6.07) is 6.51. The fraction of sp³-hybridized carbons (Fsp3) is 0. The molecule has 2 rings (SSSR count). The van der Waals surface area contributed by atoms with E-state index in [0.717, 1.165) is 6.07 Å². The van der Waals surface area contributed by atoms with Gasteiger partial charge in [0.15, 0.2) is 17.5 Å². The highest BCUT2D eigenvalue weighted by atomic mass is 19.2. The molecule has 0 saturated heterocycles. The van der Waals surface area contributed by atoms with E-state index in [4.69, 9.17) is 5.11 Å². The van der Waals surface area contributed by atoms with E-state index in [-0.39, 0.29) is 11.3 Å². The number of carboxylic acids is 1. The molecule has 7 heteroatoms. The molecule has 0 heterocycles. The third-order valence-electron chi connectivity index (χ3n) is 2.67. The van der Waals surface area contributed by atoms with Crippen LogP contribution in [0.15, 0.2) is 36.4 Å². The number of benzene rings is 2. The fourth-order valence-electron chi connectivity index (χ4n) is 1.60. The number of rotatable bonds is 3. The molecule has 0 unspecified atom stereocenters. The number of amides is 1. The van der Waals surface area contributed by atoms with Crippen LogP contribution in [0.25, 0.3) is 0 Å². The van der Waals surface area contributed by atoms with E-state index in [1.807, 2.05) is 0 Å². The summed E-state index contributed by atoms with van der Waals surface area (Å²) >= 11 is 0. The summed E-state index contributed by atoms with van der Waals surface area (Å²) in [7, 11) is 0. The van der Waals surface area contributed by atoms with Gasteiger partial charge in [-0.2, -0.15) is 0 Å². The average molecular weight is 295 g/mol. The van der Waals surface area contributed by atoms with Crippen LogP contribution in [-0.2, 0) is 0 Å². The van der Waals surface area contributed by atoms with Gasteiger partial charge in [-0.1, -0.05) is 0 Å². The Morgan fingerprint density at radius 1 is 0.905 bits per heavy atom. The van der Waals surface area contributed by atoms with Gasteiger partial charge in [0.25, 0.3) is 5.91 Å². The zero-order chi connectivity index (χ0) is 15.6. The lowest BCUT2D eigenvalue weighted by atomic mass is 10.1. The number of anilines is 1. The summed E-state index contributed by atoms with van der Waals surface area (Å²) < 4.78 is 39.2. The van der Waals surface area contributed by atoms with E-state index < -0.39 is 34.9 Å². The van der Waals surface area contributed by atoms with Crippen LogP contribution in [0.4, 0.5) is 18.9 Å². The van der Waals surface area contributed by atoms with Crippen molar-refractivity contribution in [2.75, 3.05) is 5.32 Å². The van der Waals surface area contributed by atoms with E-state index in [9.17, 15) is 22.8 Å². The Bertz CT molecular complexity index is 714. The molecule has 4 nitrogen and oxygen atoms in total. The van der Waals surface area contributed by atoms with Crippen molar-refractivity contribution in [3.63, 3.8) is 0 Å². The maximum absolute atomic E-state index is 13.4. The van der Waals surface area contributed by atoms with Crippen molar-refractivity contribution in [1.29, 1.82) is 0 Å². The molecule has 2 aromatic carbocycles. The molecule has 108 valence electrons. The Hall–Kier alpha value is -2.83. The van der Waals surface area contributed by atoms with Gasteiger partial charge in [-0.05, 0) is 36.4 Å². The lowest BCUT2D eigenvalue weighted by molar-refractivity contribution is 0.0696. The molecule has 0 fully saturated rings. The van der Waals surface area contributed by atoms with Crippen LogP contribution < -0.4 is 5.32 Å². The number of halogens is 3. The Morgan fingerprint density at radius 2 is 1.52 bits per heavy atom. The van der Waals surface area contributed by atoms with Crippen LogP contribution in [0.2, 0.25) is 0 Å². The smallest absolute Gasteiger partial charge is 0.335 e. The van der Waals surface area contributed by atoms with E-state index in [2.05, 4.69) is 5.32 Å². The molecule has 21 heavy (non-hydrogen) atoms. The second kappa shape index (κ2) is 5.66. The molecule has 0 bridgehead atoms. The monoisotopic (exact) mass is 295 g/mol. The predicted octanol–water partition coefficient (Wildman–Crippen LogP) is 3.05. The van der Waals surface area contributed by atoms with Gasteiger partial charge in [0, 0.05) is 5.69 Å². The Balaban J connectivity index is 2.22. The second-order valence-electron chi connectivity index (χ2n) is 4.06. The van der Waals surface area contributed by atoms with Gasteiger partial charge in [0.1, 0.15) is 0 Å². The number of nitrogens with one attached hydrogen (secondary N) is 1. The minimum Gasteiger partial charge on any atom is -0.478 e. The molecule has 0 saturated carbocycles. The predicted molar refractivity (Wildman–Crippen MR) is 67.7 cm³/mol. The lowest BCUT2D eigenvalue weighted by Gasteiger charge is -2.07. The molecule has 0 aliphatic heterocycles. The van der Waals surface area contributed by atoms with E-state index in [1.54, 1.807) is 0 Å². The molecule has 0 aliphatic rings. The zero-order valence-electron chi connectivity index (χ0n) is 10.4. The minimum atomic E-state index is -1.73. The first-order valence-electron chi connectivity index (χ1n) is 5.68. The Labute approximate surface area is 116 Å². The van der Waals surface area contributed by atoms with Gasteiger partial charge in [-0.25, -0.2) is 18.0 Å². The molecular formula is C14H8F3NO3. The maximum Gasteiger partial charge on any atom is 0.335 e. The molecule has 1 amide bonds. The third-order valence-corrected chi connectivity index (χ3v) is 2.67. The topological polar surface area (TPSA) is 66.4 Å². The first kappa shape index (κ1) is 14.6. The number of hydrogen-bond donors (Lipinski definition) is 2. The van der Waals surface area contributed by atoms with Gasteiger partial charge in [0.05, 0.1) is 11.1 Å². The number of carboxylic acid groups (broad SMARTS) is 1. The van der Waals surface area contributed by atoms with Crippen LogP contribution in [0.5, 0.6) is 0 Å². The van der Waals surface area contributed by atoms with Crippen molar-refractivity contribution in [3.05, 3.63) is 65.0 Å². The quantitative estimate of drug-likeness (QED) is 0.855. The summed E-state index contributed by atoms with van der Waals surface area (Å²) in [5.74, 6) is -6.83. The molecular weight excluding hydrogens is 287 g/mol. The maximum atomic E-state index is 13.4. The average Bonchev–Trinajstić information content (AvgIpc) is 2.45. The van der Waals surface area contributed by atoms with Crippen LogP contribution in [0, 0.1) is 17.5 Å². The molecule has 0 spiro atoms. The van der Waals surface area contributed by atoms with Gasteiger partial charge in [-0.15, -0.1) is 0 Å². The summed E-state index contributed by atoms with van der Waals surface area (Å²) in [4.78, 5) is 22.4. The van der Waals surface area contributed by atoms with Crippen molar-refractivity contribution in [3.8, 4) is 0 Å². The van der Waals surface area contributed by atoms with Gasteiger partial charge in [-0.3, -0.25) is 4.79 Å². The molecule has 0 aromatic heterocycles. The summed E-state index contributed by atoms with van der Waals surface area (Å²) in [6.07, 6.45) is 0. The van der Waals surface area contributed by atoms with Gasteiger partial charge >= 0.3 is 5.97 Å². The van der Waals surface area contributed by atoms with Gasteiger partial charge in [0.2, 0.25) is 0 Å². The largest absolute Gasteiger partial charge is 0.478 e. The first-order chi connectivity index (χ1) is 9.90. The number of carbonyl (C=O) groups excluding carboxylic acids is 1. The highest BCUT2D eigenvalue weighted by Crippen LogP contribution is 2.17. The Morgan fingerprint density at radius 3 is 2.10 bits per heavy atom. The fourth-order valence-corrected chi connectivity index (χ4v) is 1.60. The first-order valence-corrected chi connectivity index (χ1v) is 5.68. The zero-order valence-corrected chi connectivity index (χ0v) is 10.4. The molecule has 0 atom stereocenters. The van der Waals surface area contributed by atoms with E-state index >= 15 is 0 Å². The highest BCUT2D eigenvalue weighted by Gasteiger charge is 2.18. The highest BCUT2D eigenvalue weighted by molar-refractivity contribution is 6.04. The molecule has 0 aliphatic carbocycles. The third kappa shape index (κ3) is 3.02. The summed E-state index contributed by atoms with van der Waals surface area (Å²) in [6.45, 7) is 0. The summed E-state index contributed by atoms with van der Waals surface area (Å²) in [5, 5.41) is 11.0. The van der Waals surface area contributed by atoms with Crippen molar-refractivity contribution in [1.82, 2.24) is 0 Å². The normalized spacial score (nSPS) is 10.2. The Kier molecular flexibility index (Phi) is 3.93. The van der Waals surface area contributed by atoms with Gasteiger partial charge < -0.3 is 10.4 Å². The van der Waals surface area contributed by atoms with Crippen molar-refractivity contribution < 1.29 is 27.9 Å². The second-order valence-corrected chi connectivity index (χ2v) is 4.06. The minimum absolute atomic E-state index is 0.00649. The number of carbonyl (C=O) groups is 2. The van der Waals surface area contributed by atoms with Crippen LogP contribution in [-0.4, -0.2) is 17.0 Å². The molecule has 0 radical (unpaired) electrons. The van der Waals surface area contributed by atoms with E-state index in [1.165, 1.54) is 24.3 Å². The number of aromatic carboxylic acids is 1. The van der Waals surface area contributed by atoms with Crippen molar-refractivity contribution in [2.24, 2.45) is 0 Å². The van der Waals surface area contributed by atoms with Crippen LogP contribution in [0.1, 0.15) is 20.7 Å². The SMILES string of the molecule is O=C(O)c1ccc(NC(=O)c2ccc(F)c(F)c2F)cc1. The van der Waals surface area contributed by atoms with Crippen LogP contribution in [0.3, 0.4) is 0 Å². The van der Waals surface area contributed by atoms with Crippen LogP contribution >= 0.6 is 0 Å². The molecule has 2 aromatic rings.